The Morgan fingerprint density at radius 2 is 1.04 bits per heavy atom. The largest absolute Gasteiger partial charge is 0.456 e. The van der Waals surface area contributed by atoms with E-state index in [0.717, 1.165) is 39.0 Å². The van der Waals surface area contributed by atoms with Gasteiger partial charge in [-0.1, -0.05) is 141 Å². The summed E-state index contributed by atoms with van der Waals surface area (Å²) in [5, 5.41) is 9.93. The van der Waals surface area contributed by atoms with E-state index < -0.39 is 0 Å². The molecule has 250 valence electrons. The van der Waals surface area contributed by atoms with Gasteiger partial charge in [0.25, 0.3) is 0 Å². The Kier molecular flexibility index (Phi) is 6.33. The summed E-state index contributed by atoms with van der Waals surface area (Å²) in [5.41, 5.74) is 12.7. The van der Waals surface area contributed by atoms with Gasteiger partial charge in [-0.3, -0.25) is 0 Å². The van der Waals surface area contributed by atoms with Crippen LogP contribution in [0.15, 0.2) is 180 Å². The third-order valence-electron chi connectivity index (χ3n) is 11.6. The first-order valence-corrected chi connectivity index (χ1v) is 18.4. The molecular formula is C51H35NO. The van der Waals surface area contributed by atoms with E-state index in [1.807, 2.05) is 12.1 Å². The van der Waals surface area contributed by atoms with Crippen molar-refractivity contribution in [3.05, 3.63) is 187 Å². The van der Waals surface area contributed by atoms with E-state index in [1.54, 1.807) is 0 Å². The maximum absolute atomic E-state index is 6.44. The fourth-order valence-corrected chi connectivity index (χ4v) is 9.00. The first kappa shape index (κ1) is 30.0. The standard InChI is InChI=1S/C51H35NO/c1-51(2)45-14-7-5-13-43(45)50-46(51)15-9-16-47(50)52(37-26-29-42-41-12-6-8-17-48(41)53-49(42)31-37)36-24-20-32(21-25-36)35-19-18-34-23-27-39-38-11-4-3-10-33(38)22-28-40(39)44(34)30-35/h3-31H,1-2H3. The molecule has 0 aliphatic heterocycles. The van der Waals surface area contributed by atoms with Crippen LogP contribution in [0.5, 0.6) is 0 Å². The van der Waals surface area contributed by atoms with E-state index in [1.165, 1.54) is 65.7 Å². The molecule has 1 heterocycles. The number of rotatable bonds is 4. The number of hydrogen-bond donors (Lipinski definition) is 0. The Morgan fingerprint density at radius 3 is 1.91 bits per heavy atom. The van der Waals surface area contributed by atoms with Crippen molar-refractivity contribution >= 4 is 71.3 Å². The maximum Gasteiger partial charge on any atom is 0.137 e. The smallest absolute Gasteiger partial charge is 0.137 e. The Bertz CT molecular complexity index is 3090. The highest BCUT2D eigenvalue weighted by molar-refractivity contribution is 6.17. The van der Waals surface area contributed by atoms with Crippen LogP contribution in [0, 0.1) is 0 Å². The molecule has 1 aromatic heterocycles. The van der Waals surface area contributed by atoms with Crippen LogP contribution < -0.4 is 4.90 Å². The second-order valence-electron chi connectivity index (χ2n) is 14.9. The summed E-state index contributed by atoms with van der Waals surface area (Å²) in [6.07, 6.45) is 0. The molecule has 2 heteroatoms. The Labute approximate surface area is 308 Å². The van der Waals surface area contributed by atoms with Gasteiger partial charge in [0.1, 0.15) is 11.2 Å². The quantitative estimate of drug-likeness (QED) is 0.172. The van der Waals surface area contributed by atoms with Gasteiger partial charge in [0.2, 0.25) is 0 Å². The zero-order valence-corrected chi connectivity index (χ0v) is 29.6. The van der Waals surface area contributed by atoms with Gasteiger partial charge < -0.3 is 9.32 Å². The van der Waals surface area contributed by atoms with Crippen LogP contribution in [-0.4, -0.2) is 0 Å². The van der Waals surface area contributed by atoms with Crippen LogP contribution in [-0.2, 0) is 5.41 Å². The van der Waals surface area contributed by atoms with Crippen molar-refractivity contribution in [1.82, 2.24) is 0 Å². The molecule has 0 fully saturated rings. The number of anilines is 3. The Hall–Kier alpha value is -6.64. The number of fused-ring (bicyclic) bond motifs is 11. The average Bonchev–Trinajstić information content (AvgIpc) is 3.69. The minimum atomic E-state index is -0.104. The molecule has 0 bridgehead atoms. The lowest BCUT2D eigenvalue weighted by atomic mass is 9.82. The van der Waals surface area contributed by atoms with Crippen LogP contribution in [0.4, 0.5) is 17.1 Å². The van der Waals surface area contributed by atoms with Crippen molar-refractivity contribution in [3.8, 4) is 22.3 Å². The van der Waals surface area contributed by atoms with E-state index >= 15 is 0 Å². The summed E-state index contributed by atoms with van der Waals surface area (Å²) in [7, 11) is 0. The van der Waals surface area contributed by atoms with Crippen molar-refractivity contribution in [2.75, 3.05) is 4.90 Å². The van der Waals surface area contributed by atoms with E-state index in [0.29, 0.717) is 0 Å². The topological polar surface area (TPSA) is 16.4 Å². The van der Waals surface area contributed by atoms with E-state index in [9.17, 15) is 0 Å². The van der Waals surface area contributed by atoms with Gasteiger partial charge in [-0.05, 0) is 103 Å². The third kappa shape index (κ3) is 4.45. The van der Waals surface area contributed by atoms with Crippen LogP contribution in [0.2, 0.25) is 0 Å². The average molecular weight is 678 g/mol. The lowest BCUT2D eigenvalue weighted by Gasteiger charge is -2.29. The zero-order chi connectivity index (χ0) is 35.3. The molecule has 0 radical (unpaired) electrons. The van der Waals surface area contributed by atoms with Crippen molar-refractivity contribution < 1.29 is 4.42 Å². The fraction of sp³-hybridized carbons (Fsp3) is 0.0588. The SMILES string of the molecule is CC1(C)c2ccccc2-c2c(N(c3ccc(-c4ccc5ccc6c7ccccc7ccc6c5c4)cc3)c3ccc4c(c3)oc3ccccc34)cccc21. The number of nitrogens with zero attached hydrogens (tertiary/aromatic N) is 1. The number of hydrogen-bond acceptors (Lipinski definition) is 2. The van der Waals surface area contributed by atoms with E-state index in [-0.39, 0.29) is 5.41 Å². The molecule has 9 aromatic carbocycles. The van der Waals surface area contributed by atoms with Gasteiger partial charge in [0.15, 0.2) is 0 Å². The third-order valence-corrected chi connectivity index (χ3v) is 11.6. The fourth-order valence-electron chi connectivity index (χ4n) is 9.00. The lowest BCUT2D eigenvalue weighted by molar-refractivity contribution is 0.660. The molecule has 0 saturated carbocycles. The maximum atomic E-state index is 6.44. The van der Waals surface area contributed by atoms with Gasteiger partial charge in [-0.15, -0.1) is 0 Å². The van der Waals surface area contributed by atoms with Crippen molar-refractivity contribution in [2.45, 2.75) is 19.3 Å². The van der Waals surface area contributed by atoms with Crippen LogP contribution in [0.25, 0.3) is 76.5 Å². The Balaban J connectivity index is 1.08. The van der Waals surface area contributed by atoms with Crippen molar-refractivity contribution in [3.63, 3.8) is 0 Å². The molecule has 0 saturated heterocycles. The number of para-hydroxylation sites is 1. The molecule has 0 unspecified atom stereocenters. The molecule has 0 atom stereocenters. The van der Waals surface area contributed by atoms with Gasteiger partial charge >= 0.3 is 0 Å². The number of furan rings is 1. The molecule has 0 amide bonds. The molecule has 0 spiro atoms. The highest BCUT2D eigenvalue weighted by Gasteiger charge is 2.37. The Morgan fingerprint density at radius 1 is 0.415 bits per heavy atom. The summed E-state index contributed by atoms with van der Waals surface area (Å²) in [4.78, 5) is 2.41. The summed E-state index contributed by atoms with van der Waals surface area (Å²) in [6.45, 7) is 4.69. The van der Waals surface area contributed by atoms with Crippen LogP contribution in [0.3, 0.4) is 0 Å². The molecule has 1 aliphatic carbocycles. The van der Waals surface area contributed by atoms with Crippen molar-refractivity contribution in [2.24, 2.45) is 0 Å². The molecule has 53 heavy (non-hydrogen) atoms. The summed E-state index contributed by atoms with van der Waals surface area (Å²) in [5.74, 6) is 0. The molecule has 10 aromatic rings. The first-order valence-electron chi connectivity index (χ1n) is 18.4. The van der Waals surface area contributed by atoms with Gasteiger partial charge in [-0.25, -0.2) is 0 Å². The molecular weight excluding hydrogens is 643 g/mol. The minimum absolute atomic E-state index is 0.104. The molecule has 11 rings (SSSR count). The summed E-state index contributed by atoms with van der Waals surface area (Å²) < 4.78 is 6.44. The van der Waals surface area contributed by atoms with E-state index in [2.05, 4.69) is 183 Å². The van der Waals surface area contributed by atoms with Crippen LogP contribution in [0.1, 0.15) is 25.0 Å². The minimum Gasteiger partial charge on any atom is -0.456 e. The van der Waals surface area contributed by atoms with Gasteiger partial charge in [0, 0.05) is 39.2 Å². The number of benzene rings is 9. The van der Waals surface area contributed by atoms with Crippen molar-refractivity contribution in [1.29, 1.82) is 0 Å². The lowest BCUT2D eigenvalue weighted by Crippen LogP contribution is -2.16. The molecule has 0 N–H and O–H groups in total. The zero-order valence-electron chi connectivity index (χ0n) is 29.6. The van der Waals surface area contributed by atoms with Gasteiger partial charge in [-0.2, -0.15) is 0 Å². The molecule has 1 aliphatic rings. The summed E-state index contributed by atoms with van der Waals surface area (Å²) in [6, 6.07) is 64.3. The second-order valence-corrected chi connectivity index (χ2v) is 14.9. The first-order chi connectivity index (χ1) is 26.0. The van der Waals surface area contributed by atoms with Gasteiger partial charge in [0.05, 0.1) is 5.69 Å². The predicted octanol–water partition coefficient (Wildman–Crippen LogP) is 14.5. The van der Waals surface area contributed by atoms with E-state index in [4.69, 9.17) is 4.42 Å². The highest BCUT2D eigenvalue weighted by Crippen LogP contribution is 2.54. The predicted molar refractivity (Wildman–Crippen MR) is 224 cm³/mol. The highest BCUT2D eigenvalue weighted by atomic mass is 16.3. The second kappa shape index (κ2) is 11.2. The van der Waals surface area contributed by atoms with Crippen LogP contribution >= 0.6 is 0 Å². The summed E-state index contributed by atoms with van der Waals surface area (Å²) >= 11 is 0. The monoisotopic (exact) mass is 677 g/mol. The normalized spacial score (nSPS) is 13.2. The molecule has 2 nitrogen and oxygen atoms in total.